The molecule has 15 nitrogen and oxygen atoms in total. The molecule has 1 saturated heterocycles. The van der Waals surface area contributed by atoms with Crippen LogP contribution in [0, 0.1) is 5.92 Å². The molecule has 41 heavy (non-hydrogen) atoms. The fraction of sp³-hybridized carbons (Fsp3) is 0.808. The summed E-state index contributed by atoms with van der Waals surface area (Å²) < 4.78 is 16.3. The van der Waals surface area contributed by atoms with Crippen molar-refractivity contribution < 1.29 is 53.5 Å². The highest BCUT2D eigenvalue weighted by atomic mass is 16.7. The van der Waals surface area contributed by atoms with E-state index in [4.69, 9.17) is 14.2 Å². The molecule has 0 bridgehead atoms. The van der Waals surface area contributed by atoms with Crippen LogP contribution in [0.15, 0.2) is 0 Å². The van der Waals surface area contributed by atoms with Crippen molar-refractivity contribution in [2.24, 2.45) is 5.92 Å². The lowest BCUT2D eigenvalue weighted by molar-refractivity contribution is -0.272. The molecule has 0 aromatic heterocycles. The molecule has 15 heteroatoms. The zero-order valence-corrected chi connectivity index (χ0v) is 24.1. The molecule has 236 valence electrons. The highest BCUT2D eigenvalue weighted by molar-refractivity contribution is 5.84. The second kappa shape index (κ2) is 20.2. The van der Waals surface area contributed by atoms with Gasteiger partial charge < -0.3 is 50.8 Å². The average molecular weight is 591 g/mol. The summed E-state index contributed by atoms with van der Waals surface area (Å²) >= 11 is 0. The van der Waals surface area contributed by atoms with Gasteiger partial charge in [0, 0.05) is 45.2 Å². The Labute approximate surface area is 240 Å². The highest BCUT2D eigenvalue weighted by Crippen LogP contribution is 2.22. The number of nitrogens with one attached hydrogen (secondary N) is 4. The first-order valence-corrected chi connectivity index (χ1v) is 13.9. The lowest BCUT2D eigenvalue weighted by atomic mass is 9.97. The summed E-state index contributed by atoms with van der Waals surface area (Å²) in [5.41, 5.74) is 0. The van der Waals surface area contributed by atoms with Gasteiger partial charge in [-0.1, -0.05) is 13.8 Å². The number of hydrogen-bond donors (Lipinski definition) is 7. The van der Waals surface area contributed by atoms with E-state index in [0.717, 1.165) is 0 Å². The second-order valence-electron chi connectivity index (χ2n) is 9.97. The number of Topliss-reactive ketones (excluding diaryl/α,β-unsaturated/α-hetero) is 1. The van der Waals surface area contributed by atoms with E-state index in [2.05, 4.69) is 21.3 Å². The van der Waals surface area contributed by atoms with Crippen molar-refractivity contribution in [1.29, 1.82) is 0 Å². The Hall–Kier alpha value is -2.69. The Morgan fingerprint density at radius 3 is 2.15 bits per heavy atom. The molecule has 0 aromatic rings. The van der Waals surface area contributed by atoms with Gasteiger partial charge in [0.1, 0.15) is 30.1 Å². The van der Waals surface area contributed by atoms with Crippen LogP contribution in [0.3, 0.4) is 0 Å². The van der Waals surface area contributed by atoms with E-state index >= 15 is 0 Å². The number of hydrogen-bond acceptors (Lipinski definition) is 11. The average Bonchev–Trinajstić information content (AvgIpc) is 2.92. The first kappa shape index (κ1) is 36.3. The molecule has 1 rings (SSSR count). The summed E-state index contributed by atoms with van der Waals surface area (Å²) in [6, 6.07) is -1.05. The van der Waals surface area contributed by atoms with Crippen molar-refractivity contribution in [2.45, 2.75) is 83.5 Å². The second-order valence-corrected chi connectivity index (χ2v) is 9.97. The molecule has 7 N–H and O–H groups in total. The third kappa shape index (κ3) is 15.2. The summed E-state index contributed by atoms with van der Waals surface area (Å²) in [6.45, 7) is 4.87. The largest absolute Gasteiger partial charge is 0.394 e. The third-order valence-electron chi connectivity index (χ3n) is 6.15. The topological polar surface area (TPSA) is 222 Å². The number of aliphatic hydroxyl groups is 3. The summed E-state index contributed by atoms with van der Waals surface area (Å²) in [6.07, 6.45) is -3.33. The summed E-state index contributed by atoms with van der Waals surface area (Å²) in [4.78, 5) is 58.5. The molecule has 1 heterocycles. The Morgan fingerprint density at radius 2 is 1.49 bits per heavy atom. The van der Waals surface area contributed by atoms with E-state index in [1.54, 1.807) is 0 Å². The first-order valence-electron chi connectivity index (χ1n) is 13.9. The van der Waals surface area contributed by atoms with Gasteiger partial charge in [0.15, 0.2) is 6.29 Å². The van der Waals surface area contributed by atoms with E-state index in [0.29, 0.717) is 25.8 Å². The van der Waals surface area contributed by atoms with Crippen LogP contribution in [0.4, 0.5) is 0 Å². The zero-order valence-electron chi connectivity index (χ0n) is 24.1. The predicted molar refractivity (Wildman–Crippen MR) is 144 cm³/mol. The molecule has 1 aliphatic heterocycles. The molecule has 5 atom stereocenters. The molecule has 1 aliphatic rings. The van der Waals surface area contributed by atoms with E-state index < -0.39 is 49.1 Å². The first-order chi connectivity index (χ1) is 19.5. The molecule has 5 unspecified atom stereocenters. The smallest absolute Gasteiger partial charge is 0.239 e. The van der Waals surface area contributed by atoms with Crippen LogP contribution < -0.4 is 21.3 Å². The molecule has 0 aliphatic carbocycles. The van der Waals surface area contributed by atoms with Crippen molar-refractivity contribution in [2.75, 3.05) is 46.1 Å². The summed E-state index contributed by atoms with van der Waals surface area (Å²) in [7, 11) is 0. The minimum atomic E-state index is -1.41. The number of aliphatic hydroxyl groups excluding tert-OH is 3. The molecule has 1 fully saturated rings. The van der Waals surface area contributed by atoms with Crippen molar-refractivity contribution >= 4 is 29.4 Å². The number of ether oxygens (including phenoxy) is 3. The van der Waals surface area contributed by atoms with Gasteiger partial charge in [-0.3, -0.25) is 24.0 Å². The Kier molecular flexibility index (Phi) is 17.9. The number of rotatable bonds is 20. The molecule has 0 radical (unpaired) electrons. The number of carbonyl (C=O) groups is 5. The van der Waals surface area contributed by atoms with Gasteiger partial charge in [-0.2, -0.15) is 0 Å². The maximum absolute atomic E-state index is 11.9. The van der Waals surface area contributed by atoms with E-state index in [1.165, 1.54) is 6.92 Å². The minimum absolute atomic E-state index is 0.00395. The van der Waals surface area contributed by atoms with E-state index in [1.807, 2.05) is 13.8 Å². The van der Waals surface area contributed by atoms with Crippen LogP contribution in [0.5, 0.6) is 0 Å². The Bertz CT molecular complexity index is 842. The molecule has 0 aromatic carbocycles. The van der Waals surface area contributed by atoms with Crippen molar-refractivity contribution in [3.63, 3.8) is 0 Å². The van der Waals surface area contributed by atoms with Gasteiger partial charge in [-0.25, -0.2) is 0 Å². The normalized spacial score (nSPS) is 22.2. The van der Waals surface area contributed by atoms with E-state index in [9.17, 15) is 39.3 Å². The van der Waals surface area contributed by atoms with Crippen LogP contribution in [-0.4, -0.2) is 121 Å². The van der Waals surface area contributed by atoms with Gasteiger partial charge in [0.25, 0.3) is 0 Å². The quantitative estimate of drug-likeness (QED) is 0.0734. The Balaban J connectivity index is 2.10. The number of carbonyl (C=O) groups excluding carboxylic acids is 5. The molecular formula is C26H46N4O11. The molecular weight excluding hydrogens is 544 g/mol. The summed E-state index contributed by atoms with van der Waals surface area (Å²) in [5, 5.41) is 39.8. The number of amides is 4. The van der Waals surface area contributed by atoms with Crippen molar-refractivity contribution in [3.05, 3.63) is 0 Å². The molecule has 4 amide bonds. The summed E-state index contributed by atoms with van der Waals surface area (Å²) in [5.74, 6) is -1.27. The van der Waals surface area contributed by atoms with Crippen LogP contribution in [0.1, 0.15) is 52.9 Å². The third-order valence-corrected chi connectivity index (χ3v) is 6.15. The standard InChI is InChI=1S/C26H46N4O11/c1-16(2)18(33)6-4-7-20(34)27-9-5-8-21(35)29-14-22(36)28-10-11-39-12-13-40-26-23(30-17(3)32)25(38)24(37)19(15-31)41-26/h16,19,23-26,31,37-38H,4-15H2,1-3H3,(H,27,34)(H,28,36)(H,29,35)(H,30,32). The molecule has 0 saturated carbocycles. The Morgan fingerprint density at radius 1 is 0.829 bits per heavy atom. The van der Waals surface area contributed by atoms with Gasteiger partial charge >= 0.3 is 0 Å². The maximum atomic E-state index is 11.9. The lowest BCUT2D eigenvalue weighted by Gasteiger charge is -2.42. The van der Waals surface area contributed by atoms with Gasteiger partial charge in [-0.05, 0) is 12.8 Å². The monoisotopic (exact) mass is 590 g/mol. The van der Waals surface area contributed by atoms with Gasteiger partial charge in [0.2, 0.25) is 23.6 Å². The van der Waals surface area contributed by atoms with Crippen LogP contribution >= 0.6 is 0 Å². The van der Waals surface area contributed by atoms with Crippen molar-refractivity contribution in [1.82, 2.24) is 21.3 Å². The lowest BCUT2D eigenvalue weighted by Crippen LogP contribution is -2.64. The molecule has 0 spiro atoms. The number of ketones is 1. The highest BCUT2D eigenvalue weighted by Gasteiger charge is 2.45. The maximum Gasteiger partial charge on any atom is 0.239 e. The SMILES string of the molecule is CC(=O)NC1C(OCCOCCNC(=O)CNC(=O)CCCNC(=O)CCCC(=O)C(C)C)OC(CO)C(O)C1O. The van der Waals surface area contributed by atoms with Gasteiger partial charge in [-0.15, -0.1) is 0 Å². The fourth-order valence-electron chi connectivity index (χ4n) is 3.81. The minimum Gasteiger partial charge on any atom is -0.394 e. The van der Waals surface area contributed by atoms with Crippen LogP contribution in [-0.2, 0) is 38.2 Å². The van der Waals surface area contributed by atoms with E-state index in [-0.39, 0.29) is 69.3 Å². The zero-order chi connectivity index (χ0) is 30.8. The van der Waals surface area contributed by atoms with Gasteiger partial charge in [0.05, 0.1) is 33.0 Å². The van der Waals surface area contributed by atoms with Crippen LogP contribution in [0.2, 0.25) is 0 Å². The predicted octanol–water partition coefficient (Wildman–Crippen LogP) is -2.51. The van der Waals surface area contributed by atoms with Crippen molar-refractivity contribution in [3.8, 4) is 0 Å². The van der Waals surface area contributed by atoms with Crippen LogP contribution in [0.25, 0.3) is 0 Å². The fourth-order valence-corrected chi connectivity index (χ4v) is 3.81.